The van der Waals surface area contributed by atoms with Crippen LogP contribution in [0.25, 0.3) is 0 Å². The molecule has 2 heterocycles. The fourth-order valence-corrected chi connectivity index (χ4v) is 2.37. The third-order valence-corrected chi connectivity index (χ3v) is 3.55. The first kappa shape index (κ1) is 12.0. The van der Waals surface area contributed by atoms with Gasteiger partial charge in [-0.25, -0.2) is 0 Å². The maximum Gasteiger partial charge on any atom is 0.0984 e. The van der Waals surface area contributed by atoms with Crippen LogP contribution < -0.4 is 4.90 Å². The SMILES string of the molecule is CC(C)c1ccccc1N(CC1CO1)CC1CO1. The molecule has 1 aromatic rings. The lowest BCUT2D eigenvalue weighted by Gasteiger charge is -2.27. The highest BCUT2D eigenvalue weighted by atomic mass is 16.6. The molecule has 2 unspecified atom stereocenters. The van der Waals surface area contributed by atoms with Crippen molar-refractivity contribution in [1.29, 1.82) is 0 Å². The second-order valence-electron chi connectivity index (χ2n) is 5.53. The Bertz CT molecular complexity index is 397. The summed E-state index contributed by atoms with van der Waals surface area (Å²) < 4.78 is 10.8. The fourth-order valence-electron chi connectivity index (χ4n) is 2.37. The van der Waals surface area contributed by atoms with Crippen LogP contribution in [0.5, 0.6) is 0 Å². The van der Waals surface area contributed by atoms with E-state index in [9.17, 15) is 0 Å². The highest BCUT2D eigenvalue weighted by Gasteiger charge is 2.31. The molecule has 2 saturated heterocycles. The summed E-state index contributed by atoms with van der Waals surface area (Å²) in [7, 11) is 0. The number of para-hydroxylation sites is 1. The predicted octanol–water partition coefficient (Wildman–Crippen LogP) is 2.41. The molecule has 3 nitrogen and oxygen atoms in total. The van der Waals surface area contributed by atoms with Crippen molar-refractivity contribution in [2.24, 2.45) is 0 Å². The first-order chi connectivity index (χ1) is 8.74. The first-order valence-electron chi connectivity index (χ1n) is 6.81. The van der Waals surface area contributed by atoms with Crippen molar-refractivity contribution in [3.8, 4) is 0 Å². The molecule has 0 amide bonds. The quantitative estimate of drug-likeness (QED) is 0.723. The van der Waals surface area contributed by atoms with Crippen LogP contribution >= 0.6 is 0 Å². The van der Waals surface area contributed by atoms with Crippen molar-refractivity contribution in [3.63, 3.8) is 0 Å². The molecule has 0 radical (unpaired) electrons. The van der Waals surface area contributed by atoms with Gasteiger partial charge in [-0.15, -0.1) is 0 Å². The lowest BCUT2D eigenvalue weighted by molar-refractivity contribution is 0.388. The van der Waals surface area contributed by atoms with Gasteiger partial charge in [-0.1, -0.05) is 32.0 Å². The van der Waals surface area contributed by atoms with Crippen LogP contribution in [0.4, 0.5) is 5.69 Å². The standard InChI is InChI=1S/C15H21NO2/c1-11(2)14-5-3-4-6-15(14)16(7-12-9-17-12)8-13-10-18-13/h3-6,11-13H,7-10H2,1-2H3. The predicted molar refractivity (Wildman–Crippen MR) is 72.2 cm³/mol. The molecule has 2 aliphatic rings. The van der Waals surface area contributed by atoms with Crippen LogP contribution in [0.3, 0.4) is 0 Å². The van der Waals surface area contributed by atoms with Gasteiger partial charge in [0.25, 0.3) is 0 Å². The van der Waals surface area contributed by atoms with Crippen molar-refractivity contribution in [1.82, 2.24) is 0 Å². The molecule has 0 N–H and O–H groups in total. The molecule has 3 heteroatoms. The highest BCUT2D eigenvalue weighted by molar-refractivity contribution is 5.55. The minimum atomic E-state index is 0.420. The topological polar surface area (TPSA) is 28.3 Å². The summed E-state index contributed by atoms with van der Waals surface area (Å²) in [5.74, 6) is 0.545. The summed E-state index contributed by atoms with van der Waals surface area (Å²) in [6, 6.07) is 8.70. The number of benzene rings is 1. The Labute approximate surface area is 109 Å². The molecular formula is C15H21NO2. The molecular weight excluding hydrogens is 226 g/mol. The Morgan fingerprint density at radius 3 is 2.17 bits per heavy atom. The minimum absolute atomic E-state index is 0.420. The molecule has 18 heavy (non-hydrogen) atoms. The molecule has 0 spiro atoms. The van der Waals surface area contributed by atoms with Crippen molar-refractivity contribution in [2.75, 3.05) is 31.2 Å². The summed E-state index contributed by atoms with van der Waals surface area (Å²) in [5.41, 5.74) is 2.76. The van der Waals surface area contributed by atoms with Crippen molar-refractivity contribution >= 4 is 5.69 Å². The third kappa shape index (κ3) is 2.85. The van der Waals surface area contributed by atoms with E-state index in [2.05, 4.69) is 43.0 Å². The first-order valence-corrected chi connectivity index (χ1v) is 6.81. The van der Waals surface area contributed by atoms with E-state index in [-0.39, 0.29) is 0 Å². The van der Waals surface area contributed by atoms with Crippen molar-refractivity contribution in [2.45, 2.75) is 32.0 Å². The monoisotopic (exact) mass is 247 g/mol. The summed E-state index contributed by atoms with van der Waals surface area (Å²) in [6.45, 7) is 8.29. The van der Waals surface area contributed by atoms with Gasteiger partial charge in [-0.3, -0.25) is 0 Å². The molecule has 2 atom stereocenters. The lowest BCUT2D eigenvalue weighted by Crippen LogP contribution is -2.32. The van der Waals surface area contributed by atoms with E-state index in [0.717, 1.165) is 26.3 Å². The van der Waals surface area contributed by atoms with Gasteiger partial charge in [0.1, 0.15) is 0 Å². The van der Waals surface area contributed by atoms with Crippen LogP contribution in [0.15, 0.2) is 24.3 Å². The van der Waals surface area contributed by atoms with E-state index in [1.165, 1.54) is 11.3 Å². The second-order valence-corrected chi connectivity index (χ2v) is 5.53. The number of rotatable bonds is 6. The van der Waals surface area contributed by atoms with E-state index in [1.54, 1.807) is 0 Å². The highest BCUT2D eigenvalue weighted by Crippen LogP contribution is 2.30. The number of epoxide rings is 2. The Balaban J connectivity index is 1.82. The Morgan fingerprint density at radius 1 is 1.11 bits per heavy atom. The zero-order chi connectivity index (χ0) is 12.5. The molecule has 98 valence electrons. The fraction of sp³-hybridized carbons (Fsp3) is 0.600. The maximum absolute atomic E-state index is 5.38. The smallest absolute Gasteiger partial charge is 0.0984 e. The minimum Gasteiger partial charge on any atom is -0.371 e. The van der Waals surface area contributed by atoms with Gasteiger partial charge in [0.15, 0.2) is 0 Å². The van der Waals surface area contributed by atoms with Gasteiger partial charge < -0.3 is 14.4 Å². The molecule has 0 bridgehead atoms. The Morgan fingerprint density at radius 2 is 1.67 bits per heavy atom. The zero-order valence-corrected chi connectivity index (χ0v) is 11.1. The Hall–Kier alpha value is -1.06. The summed E-state index contributed by atoms with van der Waals surface area (Å²) in [6.07, 6.45) is 0.841. The molecule has 2 fully saturated rings. The van der Waals surface area contributed by atoms with Crippen LogP contribution in [-0.2, 0) is 9.47 Å². The van der Waals surface area contributed by atoms with E-state index < -0.39 is 0 Å². The van der Waals surface area contributed by atoms with Crippen LogP contribution in [0.1, 0.15) is 25.3 Å². The van der Waals surface area contributed by atoms with Gasteiger partial charge in [0, 0.05) is 18.8 Å². The number of ether oxygens (including phenoxy) is 2. The van der Waals surface area contributed by atoms with Crippen molar-refractivity contribution < 1.29 is 9.47 Å². The van der Waals surface area contributed by atoms with Gasteiger partial charge >= 0.3 is 0 Å². The molecule has 3 rings (SSSR count). The Kier molecular flexibility index (Phi) is 3.27. The van der Waals surface area contributed by atoms with Crippen LogP contribution in [0.2, 0.25) is 0 Å². The summed E-state index contributed by atoms with van der Waals surface area (Å²) >= 11 is 0. The van der Waals surface area contributed by atoms with Crippen LogP contribution in [-0.4, -0.2) is 38.5 Å². The van der Waals surface area contributed by atoms with E-state index in [0.29, 0.717) is 18.1 Å². The van der Waals surface area contributed by atoms with Crippen LogP contribution in [0, 0.1) is 0 Å². The molecule has 1 aromatic carbocycles. The second kappa shape index (κ2) is 4.90. The molecule has 0 aliphatic carbocycles. The lowest BCUT2D eigenvalue weighted by atomic mass is 10.00. The largest absolute Gasteiger partial charge is 0.371 e. The van der Waals surface area contributed by atoms with E-state index >= 15 is 0 Å². The normalized spacial score (nSPS) is 25.3. The van der Waals surface area contributed by atoms with Crippen molar-refractivity contribution in [3.05, 3.63) is 29.8 Å². The number of anilines is 1. The van der Waals surface area contributed by atoms with Gasteiger partial charge in [-0.05, 0) is 17.5 Å². The molecule has 0 aromatic heterocycles. The summed E-state index contributed by atoms with van der Waals surface area (Å²) in [4.78, 5) is 2.44. The maximum atomic E-state index is 5.38. The summed E-state index contributed by atoms with van der Waals surface area (Å²) in [5, 5.41) is 0. The average Bonchev–Trinajstić information content (AvgIpc) is 3.23. The average molecular weight is 247 g/mol. The number of hydrogen-bond acceptors (Lipinski definition) is 3. The van der Waals surface area contributed by atoms with Gasteiger partial charge in [0.05, 0.1) is 25.4 Å². The number of hydrogen-bond donors (Lipinski definition) is 0. The zero-order valence-electron chi connectivity index (χ0n) is 11.1. The molecule has 2 aliphatic heterocycles. The third-order valence-electron chi connectivity index (χ3n) is 3.55. The molecule has 0 saturated carbocycles. The van der Waals surface area contributed by atoms with E-state index in [1.807, 2.05) is 0 Å². The van der Waals surface area contributed by atoms with Gasteiger partial charge in [0.2, 0.25) is 0 Å². The van der Waals surface area contributed by atoms with E-state index in [4.69, 9.17) is 9.47 Å². The number of nitrogens with zero attached hydrogens (tertiary/aromatic N) is 1. The van der Waals surface area contributed by atoms with Gasteiger partial charge in [-0.2, -0.15) is 0 Å².